The van der Waals surface area contributed by atoms with Gasteiger partial charge in [0.25, 0.3) is 5.91 Å². The van der Waals surface area contributed by atoms with E-state index < -0.39 is 18.4 Å². The number of carbonyl (C=O) groups excluding carboxylic acids is 1. The van der Waals surface area contributed by atoms with Gasteiger partial charge in [-0.2, -0.15) is 0 Å². The molecule has 0 radical (unpaired) electrons. The second-order valence-corrected chi connectivity index (χ2v) is 9.27. The topological polar surface area (TPSA) is 125 Å². The zero-order valence-electron chi connectivity index (χ0n) is 18.9. The van der Waals surface area contributed by atoms with Crippen LogP contribution in [-0.2, 0) is 16.6 Å². The summed E-state index contributed by atoms with van der Waals surface area (Å²) in [5.41, 5.74) is 3.76. The van der Waals surface area contributed by atoms with Crippen LogP contribution in [0.2, 0.25) is 0 Å². The van der Waals surface area contributed by atoms with Crippen LogP contribution >= 0.6 is 11.8 Å². The predicted molar refractivity (Wildman–Crippen MR) is 127 cm³/mol. The lowest BCUT2D eigenvalue weighted by Crippen LogP contribution is -2.30. The van der Waals surface area contributed by atoms with Crippen molar-refractivity contribution in [2.75, 3.05) is 12.8 Å². The standard InChI is InChI=1S/C24H26N4O4S/c1-24(2,3)16-8-6-15(7-9-16)17-10-5-14(12-25-17)11-18-27-20(21(31)23(28-18)33-4)22(32)26-13-19(29)30/h5-10,12,31H,11,13H2,1-4H3,(H,26,32)(H,29,30). The Hall–Kier alpha value is -3.46. The van der Waals surface area contributed by atoms with Crippen LogP contribution in [0.3, 0.4) is 0 Å². The highest BCUT2D eigenvalue weighted by Crippen LogP contribution is 2.28. The number of carboxylic acids is 1. The zero-order chi connectivity index (χ0) is 24.2. The average Bonchev–Trinajstić information content (AvgIpc) is 2.78. The third kappa shape index (κ3) is 6.07. The van der Waals surface area contributed by atoms with E-state index in [9.17, 15) is 14.7 Å². The van der Waals surface area contributed by atoms with Crippen molar-refractivity contribution in [1.82, 2.24) is 20.3 Å². The number of aromatic nitrogens is 3. The Morgan fingerprint density at radius 1 is 1.06 bits per heavy atom. The van der Waals surface area contributed by atoms with Crippen molar-refractivity contribution in [3.63, 3.8) is 0 Å². The number of hydrogen-bond donors (Lipinski definition) is 3. The maximum Gasteiger partial charge on any atom is 0.322 e. The first-order valence-electron chi connectivity index (χ1n) is 10.3. The quantitative estimate of drug-likeness (QED) is 0.356. The van der Waals surface area contributed by atoms with Crippen molar-refractivity contribution in [2.45, 2.75) is 37.6 Å². The normalized spacial score (nSPS) is 11.3. The summed E-state index contributed by atoms with van der Waals surface area (Å²) in [4.78, 5) is 36.0. The summed E-state index contributed by atoms with van der Waals surface area (Å²) >= 11 is 1.17. The van der Waals surface area contributed by atoms with Crippen LogP contribution in [-0.4, -0.2) is 49.8 Å². The number of hydrogen-bond acceptors (Lipinski definition) is 7. The highest BCUT2D eigenvalue weighted by Gasteiger charge is 2.20. The molecular formula is C24H26N4O4S. The lowest BCUT2D eigenvalue weighted by atomic mass is 9.86. The van der Waals surface area contributed by atoms with Gasteiger partial charge in [0.1, 0.15) is 17.4 Å². The molecular weight excluding hydrogens is 440 g/mol. The van der Waals surface area contributed by atoms with E-state index in [1.165, 1.54) is 17.3 Å². The first-order chi connectivity index (χ1) is 15.6. The second kappa shape index (κ2) is 9.99. The van der Waals surface area contributed by atoms with Crippen molar-refractivity contribution in [3.05, 3.63) is 65.2 Å². The van der Waals surface area contributed by atoms with Crippen molar-refractivity contribution >= 4 is 23.6 Å². The molecule has 0 aliphatic rings. The number of aromatic hydroxyl groups is 1. The summed E-state index contributed by atoms with van der Waals surface area (Å²) < 4.78 is 0. The van der Waals surface area contributed by atoms with Gasteiger partial charge in [-0.15, -0.1) is 11.8 Å². The minimum atomic E-state index is -1.19. The van der Waals surface area contributed by atoms with Gasteiger partial charge in [0.15, 0.2) is 11.4 Å². The maximum atomic E-state index is 12.3. The molecule has 0 bridgehead atoms. The number of benzene rings is 1. The summed E-state index contributed by atoms with van der Waals surface area (Å²) in [6.45, 7) is 5.94. The molecule has 0 aliphatic carbocycles. The van der Waals surface area contributed by atoms with Crippen LogP contribution in [0.15, 0.2) is 47.6 Å². The van der Waals surface area contributed by atoms with Gasteiger partial charge in [-0.05, 0) is 28.9 Å². The van der Waals surface area contributed by atoms with Gasteiger partial charge < -0.3 is 15.5 Å². The van der Waals surface area contributed by atoms with Gasteiger partial charge in [0, 0.05) is 18.2 Å². The van der Waals surface area contributed by atoms with Crippen molar-refractivity contribution in [3.8, 4) is 17.0 Å². The second-order valence-electron chi connectivity index (χ2n) is 8.48. The molecule has 3 aromatic rings. The van der Waals surface area contributed by atoms with Gasteiger partial charge in [-0.25, -0.2) is 9.97 Å². The minimum absolute atomic E-state index is 0.0823. The molecule has 0 unspecified atom stereocenters. The maximum absolute atomic E-state index is 12.3. The molecule has 172 valence electrons. The number of carbonyl (C=O) groups is 2. The fourth-order valence-electron chi connectivity index (χ4n) is 3.12. The van der Waals surface area contributed by atoms with Crippen LogP contribution in [0.1, 0.15) is 48.2 Å². The molecule has 2 heterocycles. The smallest absolute Gasteiger partial charge is 0.322 e. The lowest BCUT2D eigenvalue weighted by Gasteiger charge is -2.19. The molecule has 0 aliphatic heterocycles. The Kier molecular flexibility index (Phi) is 7.33. The van der Waals surface area contributed by atoms with Crippen molar-refractivity contribution < 1.29 is 19.8 Å². The minimum Gasteiger partial charge on any atom is -0.503 e. The van der Waals surface area contributed by atoms with Gasteiger partial charge in [-0.3, -0.25) is 14.6 Å². The average molecular weight is 467 g/mol. The van der Waals surface area contributed by atoms with Crippen LogP contribution < -0.4 is 5.32 Å². The zero-order valence-corrected chi connectivity index (χ0v) is 19.7. The molecule has 0 saturated carbocycles. The van der Waals surface area contributed by atoms with Gasteiger partial charge in [0.05, 0.1) is 5.69 Å². The number of pyridine rings is 1. The van der Waals surface area contributed by atoms with E-state index in [1.54, 1.807) is 12.5 Å². The van der Waals surface area contributed by atoms with E-state index in [-0.39, 0.29) is 21.9 Å². The number of nitrogens with zero attached hydrogens (tertiary/aromatic N) is 3. The molecule has 9 heteroatoms. The highest BCUT2D eigenvalue weighted by molar-refractivity contribution is 7.98. The summed E-state index contributed by atoms with van der Waals surface area (Å²) in [5, 5.41) is 21.5. The highest BCUT2D eigenvalue weighted by atomic mass is 32.2. The number of carboxylic acid groups (broad SMARTS) is 1. The van der Waals surface area contributed by atoms with E-state index in [0.29, 0.717) is 12.2 Å². The van der Waals surface area contributed by atoms with Crippen molar-refractivity contribution in [2.24, 2.45) is 0 Å². The molecule has 0 spiro atoms. The first kappa shape index (κ1) is 24.2. The Morgan fingerprint density at radius 3 is 2.30 bits per heavy atom. The summed E-state index contributed by atoms with van der Waals surface area (Å²) in [6, 6.07) is 12.2. The molecule has 33 heavy (non-hydrogen) atoms. The molecule has 0 atom stereocenters. The van der Waals surface area contributed by atoms with Gasteiger partial charge in [-0.1, -0.05) is 51.1 Å². The monoisotopic (exact) mass is 466 g/mol. The number of rotatable bonds is 7. The van der Waals surface area contributed by atoms with E-state index in [0.717, 1.165) is 16.8 Å². The van der Waals surface area contributed by atoms with Gasteiger partial charge >= 0.3 is 5.97 Å². The molecule has 3 rings (SSSR count). The summed E-state index contributed by atoms with van der Waals surface area (Å²) in [7, 11) is 0. The number of amides is 1. The molecule has 1 aromatic carbocycles. The molecule has 8 nitrogen and oxygen atoms in total. The molecule has 0 saturated heterocycles. The van der Waals surface area contributed by atoms with Crippen LogP contribution in [0.5, 0.6) is 5.75 Å². The van der Waals surface area contributed by atoms with E-state index in [2.05, 4.69) is 65.3 Å². The Labute approximate surface area is 196 Å². The van der Waals surface area contributed by atoms with Gasteiger partial charge in [0.2, 0.25) is 0 Å². The van der Waals surface area contributed by atoms with Crippen molar-refractivity contribution in [1.29, 1.82) is 0 Å². The van der Waals surface area contributed by atoms with Crippen LogP contribution in [0, 0.1) is 0 Å². The molecule has 1 amide bonds. The summed E-state index contributed by atoms with van der Waals surface area (Å²) in [5.74, 6) is -2.02. The molecule has 3 N–H and O–H groups in total. The van der Waals surface area contributed by atoms with E-state index in [4.69, 9.17) is 5.11 Å². The summed E-state index contributed by atoms with van der Waals surface area (Å²) in [6.07, 6.45) is 3.74. The Bertz CT molecular complexity index is 1160. The third-order valence-electron chi connectivity index (χ3n) is 4.94. The largest absolute Gasteiger partial charge is 0.503 e. The Morgan fingerprint density at radius 2 is 1.76 bits per heavy atom. The molecule has 0 fully saturated rings. The van der Waals surface area contributed by atoms with Crippen LogP contribution in [0.4, 0.5) is 0 Å². The fraction of sp³-hybridized carbons (Fsp3) is 0.292. The van der Waals surface area contributed by atoms with Crippen LogP contribution in [0.25, 0.3) is 11.3 Å². The number of nitrogens with one attached hydrogen (secondary N) is 1. The SMILES string of the molecule is CSc1nc(Cc2ccc(-c3ccc(C(C)(C)C)cc3)nc2)nc(C(=O)NCC(=O)O)c1O. The first-order valence-corrected chi connectivity index (χ1v) is 11.5. The predicted octanol–water partition coefficient (Wildman–Crippen LogP) is 3.67. The molecule has 2 aromatic heterocycles. The fourth-order valence-corrected chi connectivity index (χ4v) is 3.61. The lowest BCUT2D eigenvalue weighted by molar-refractivity contribution is -0.135. The Balaban J connectivity index is 1.81. The number of aliphatic carboxylic acids is 1. The third-order valence-corrected chi connectivity index (χ3v) is 5.61. The van der Waals surface area contributed by atoms with E-state index >= 15 is 0 Å². The number of thioether (sulfide) groups is 1. The van der Waals surface area contributed by atoms with E-state index in [1.807, 2.05) is 12.1 Å².